The van der Waals surface area contributed by atoms with Gasteiger partial charge in [0.2, 0.25) is 0 Å². The molecule has 309 valence electrons. The molecule has 7 aromatic carbocycles. The van der Waals surface area contributed by atoms with Crippen molar-refractivity contribution in [2.75, 3.05) is 0 Å². The maximum atomic E-state index is 6.44. The van der Waals surface area contributed by atoms with E-state index < -0.39 is 8.07 Å². The minimum atomic E-state index is -1.36. The molecule has 3 aromatic heterocycles. The molecule has 0 amide bonds. The number of fused-ring (bicyclic) bond motifs is 5. The Hall–Kier alpha value is -5.91. The second-order valence-corrected chi connectivity index (χ2v) is 22.5. The molecule has 0 atom stereocenters. The molecule has 3 heterocycles. The summed E-state index contributed by atoms with van der Waals surface area (Å²) in [5, 5.41) is 6.04. The zero-order valence-electron chi connectivity index (χ0n) is 35.5. The summed E-state index contributed by atoms with van der Waals surface area (Å²) in [6, 6.07) is 61.4. The normalized spacial score (nSPS) is 13.3. The molecule has 6 heteroatoms. The van der Waals surface area contributed by atoms with Crippen molar-refractivity contribution >= 4 is 57.0 Å². The van der Waals surface area contributed by atoms with E-state index >= 15 is 0 Å². The van der Waals surface area contributed by atoms with E-state index in [0.717, 1.165) is 83.7 Å². The van der Waals surface area contributed by atoms with Gasteiger partial charge in [0.15, 0.2) is 0 Å². The summed E-state index contributed by atoms with van der Waals surface area (Å²) in [5.74, 6) is 1.68. The van der Waals surface area contributed by atoms with E-state index in [4.69, 9.17) is 14.4 Å². The summed E-state index contributed by atoms with van der Waals surface area (Å²) in [5.41, 5.74) is 11.6. The van der Waals surface area contributed by atoms with Crippen molar-refractivity contribution in [3.63, 3.8) is 0 Å². The number of rotatable bonds is 7. The second-order valence-electron chi connectivity index (χ2n) is 17.5. The Morgan fingerprint density at radius 2 is 1.44 bits per heavy atom. The third-order valence-corrected chi connectivity index (χ3v) is 14.4. The summed E-state index contributed by atoms with van der Waals surface area (Å²) in [6.45, 7) is 7.30. The average molecular weight is 1000 g/mol. The maximum absolute atomic E-state index is 6.44. The Bertz CT molecular complexity index is 3140. The zero-order chi connectivity index (χ0) is 41.3. The van der Waals surface area contributed by atoms with Crippen molar-refractivity contribution in [3.8, 4) is 39.5 Å². The number of imidazole rings is 1. The molecule has 1 radical (unpaired) electrons. The second kappa shape index (κ2) is 17.8. The molecule has 0 bridgehead atoms. The number of hydrogen-bond acceptors (Lipinski definition) is 3. The standard InChI is InChI=1S/C35H21N2O.C21H28NSi.Ir/c1-2-11-23(12-3-1)26-22-21-24-13-4-5-14-25(24)33(26)37-31-19-8-7-18-30(31)36-35(37)29-17-10-16-28-27-15-6-9-20-32(27)38-34(28)29;1-23(2,3)21-16-22-20(18-12-8-5-9-13-18)15-19(21)14-17-10-6-4-7-11-17;/h1-16,18-22H;5,8-9,12,15-17H,4,6-7,10-11,14H2,1-3H3;/q2*-1;. The molecular formula is C56H49IrN3OSi-2. The van der Waals surface area contributed by atoms with Gasteiger partial charge in [0.1, 0.15) is 5.58 Å². The van der Waals surface area contributed by atoms with Gasteiger partial charge in [0.25, 0.3) is 0 Å². The number of furan rings is 1. The molecule has 1 aliphatic carbocycles. The van der Waals surface area contributed by atoms with Crippen LogP contribution in [0.2, 0.25) is 19.6 Å². The summed E-state index contributed by atoms with van der Waals surface area (Å²) in [6.07, 6.45) is 10.5. The van der Waals surface area contributed by atoms with E-state index in [2.05, 4.69) is 158 Å². The van der Waals surface area contributed by atoms with Crippen LogP contribution in [0.15, 0.2) is 168 Å². The maximum Gasteiger partial charge on any atom is 0.120 e. The van der Waals surface area contributed by atoms with Crippen LogP contribution in [0.1, 0.15) is 37.7 Å². The van der Waals surface area contributed by atoms with Gasteiger partial charge in [0, 0.05) is 42.6 Å². The van der Waals surface area contributed by atoms with E-state index in [1.54, 1.807) is 10.8 Å². The average Bonchev–Trinajstić information content (AvgIpc) is 3.88. The Balaban J connectivity index is 0.000000176. The van der Waals surface area contributed by atoms with Crippen LogP contribution in [0, 0.1) is 18.1 Å². The van der Waals surface area contributed by atoms with Crippen LogP contribution in [0.25, 0.3) is 83.2 Å². The van der Waals surface area contributed by atoms with Crippen LogP contribution in [0.5, 0.6) is 0 Å². The first kappa shape index (κ1) is 41.4. The summed E-state index contributed by atoms with van der Waals surface area (Å²) >= 11 is 0. The Morgan fingerprint density at radius 3 is 2.24 bits per heavy atom. The van der Waals surface area contributed by atoms with Crippen LogP contribution in [-0.4, -0.2) is 22.6 Å². The third kappa shape index (κ3) is 8.11. The van der Waals surface area contributed by atoms with Crippen molar-refractivity contribution < 1.29 is 24.5 Å². The third-order valence-electron chi connectivity index (χ3n) is 12.3. The van der Waals surface area contributed by atoms with Crippen molar-refractivity contribution in [2.24, 2.45) is 5.92 Å². The fourth-order valence-corrected chi connectivity index (χ4v) is 11.0. The van der Waals surface area contributed by atoms with E-state index in [1.807, 2.05) is 42.5 Å². The van der Waals surface area contributed by atoms with E-state index in [9.17, 15) is 0 Å². The van der Waals surface area contributed by atoms with E-state index in [1.165, 1.54) is 43.9 Å². The van der Waals surface area contributed by atoms with Gasteiger partial charge < -0.3 is 14.0 Å². The summed E-state index contributed by atoms with van der Waals surface area (Å²) in [7, 11) is -1.36. The number of nitrogens with zero attached hydrogens (tertiary/aromatic N) is 3. The van der Waals surface area contributed by atoms with Crippen molar-refractivity contribution in [1.82, 2.24) is 14.5 Å². The first-order chi connectivity index (χ1) is 29.9. The fourth-order valence-electron chi connectivity index (χ4n) is 9.37. The molecule has 1 aliphatic rings. The molecule has 0 aliphatic heterocycles. The van der Waals surface area contributed by atoms with Gasteiger partial charge in [0.05, 0.1) is 36.2 Å². The zero-order valence-corrected chi connectivity index (χ0v) is 38.9. The quantitative estimate of drug-likeness (QED) is 0.118. The number of para-hydroxylation sites is 3. The van der Waals surface area contributed by atoms with Gasteiger partial charge >= 0.3 is 0 Å². The molecular weight excluding hydrogens is 951 g/mol. The smallest absolute Gasteiger partial charge is 0.120 e. The number of hydrogen-bond donors (Lipinski definition) is 0. The molecule has 0 unspecified atom stereocenters. The van der Waals surface area contributed by atoms with Crippen LogP contribution in [-0.2, 0) is 26.5 Å². The first-order valence-electron chi connectivity index (χ1n) is 21.7. The molecule has 10 aromatic rings. The summed E-state index contributed by atoms with van der Waals surface area (Å²) < 4.78 is 8.73. The van der Waals surface area contributed by atoms with Gasteiger partial charge in [-0.25, -0.2) is 0 Å². The first-order valence-corrected chi connectivity index (χ1v) is 25.2. The van der Waals surface area contributed by atoms with Gasteiger partial charge in [-0.05, 0) is 52.4 Å². The minimum absolute atomic E-state index is 0. The largest absolute Gasteiger partial charge is 0.501 e. The van der Waals surface area contributed by atoms with Crippen molar-refractivity contribution in [2.45, 2.75) is 58.2 Å². The molecule has 4 nitrogen and oxygen atoms in total. The van der Waals surface area contributed by atoms with Gasteiger partial charge in [-0.3, -0.25) is 4.98 Å². The minimum Gasteiger partial charge on any atom is -0.501 e. The van der Waals surface area contributed by atoms with Gasteiger partial charge in [-0.15, -0.1) is 54.1 Å². The molecule has 0 N–H and O–H groups in total. The van der Waals surface area contributed by atoms with Crippen LogP contribution in [0.3, 0.4) is 0 Å². The Morgan fingerprint density at radius 1 is 0.694 bits per heavy atom. The number of pyridine rings is 1. The number of benzene rings is 7. The van der Waals surface area contributed by atoms with Gasteiger partial charge in [-0.2, -0.15) is 0 Å². The monoisotopic (exact) mass is 1000 g/mol. The van der Waals surface area contributed by atoms with E-state index in [0.29, 0.717) is 0 Å². The fraction of sp³-hybridized carbons (Fsp3) is 0.179. The van der Waals surface area contributed by atoms with Crippen LogP contribution in [0.4, 0.5) is 0 Å². The molecule has 0 saturated heterocycles. The van der Waals surface area contributed by atoms with Gasteiger partial charge in [-0.1, -0.05) is 171 Å². The molecule has 1 fully saturated rings. The Kier molecular flexibility index (Phi) is 11.9. The summed E-state index contributed by atoms with van der Waals surface area (Å²) in [4.78, 5) is 9.97. The van der Waals surface area contributed by atoms with Crippen LogP contribution >= 0.6 is 0 Å². The predicted octanol–water partition coefficient (Wildman–Crippen LogP) is 14.4. The molecule has 62 heavy (non-hydrogen) atoms. The Labute approximate surface area is 379 Å². The van der Waals surface area contributed by atoms with Crippen LogP contribution < -0.4 is 5.19 Å². The molecule has 1 saturated carbocycles. The van der Waals surface area contributed by atoms with E-state index in [-0.39, 0.29) is 20.1 Å². The van der Waals surface area contributed by atoms with Crippen molar-refractivity contribution in [3.05, 3.63) is 182 Å². The predicted molar refractivity (Wildman–Crippen MR) is 257 cm³/mol. The number of aromatic nitrogens is 3. The molecule has 0 spiro atoms. The molecule has 11 rings (SSSR count). The topological polar surface area (TPSA) is 43.9 Å². The SMILES string of the molecule is C[Si](C)(C)c1cnc(-c2[c-]cccc2)cc1CC1CCCCC1.[Ir].[c-]1ccc2c(oc3ccccc32)c1-c1nc2ccccc2n1-c1c(-c2ccccc2)ccc2ccccc12. The van der Waals surface area contributed by atoms with Crippen molar-refractivity contribution in [1.29, 1.82) is 0 Å².